The molecule has 0 atom stereocenters. The van der Waals surface area contributed by atoms with Crippen molar-refractivity contribution in [3.05, 3.63) is 35.4 Å². The average Bonchev–Trinajstić information content (AvgIpc) is 2.40. The molecule has 0 unspecified atom stereocenters. The lowest BCUT2D eigenvalue weighted by molar-refractivity contribution is -0.118. The van der Waals surface area contributed by atoms with Gasteiger partial charge in [-0.15, -0.1) is 0 Å². The van der Waals surface area contributed by atoms with Gasteiger partial charge in [-0.05, 0) is 45.2 Å². The molecule has 0 aliphatic carbocycles. The second-order valence-corrected chi connectivity index (χ2v) is 9.56. The van der Waals surface area contributed by atoms with Crippen LogP contribution in [0.25, 0.3) is 0 Å². The molecule has 0 aromatic heterocycles. The summed E-state index contributed by atoms with van der Waals surface area (Å²) in [5.41, 5.74) is 0.187. The Morgan fingerprint density at radius 1 is 1.09 bits per heavy atom. The Morgan fingerprint density at radius 3 is 2.30 bits per heavy atom. The third-order valence-electron chi connectivity index (χ3n) is 3.70. The van der Waals surface area contributed by atoms with Crippen molar-refractivity contribution in [2.24, 2.45) is 0 Å². The van der Waals surface area contributed by atoms with E-state index in [0.717, 1.165) is 12.1 Å². The summed E-state index contributed by atoms with van der Waals surface area (Å²) in [7, 11) is -3.13. The van der Waals surface area contributed by atoms with Gasteiger partial charge in [0.15, 0.2) is 9.84 Å². The molecule has 0 saturated carbocycles. The molecule has 0 radical (unpaired) electrons. The Bertz CT molecular complexity index is 646. The Balaban J connectivity index is 2.32. The van der Waals surface area contributed by atoms with Crippen LogP contribution in [0.2, 0.25) is 0 Å². The molecule has 0 amide bonds. The lowest BCUT2D eigenvalue weighted by Crippen LogP contribution is -2.30. The van der Waals surface area contributed by atoms with Gasteiger partial charge in [0.2, 0.25) is 0 Å². The van der Waals surface area contributed by atoms with Gasteiger partial charge in [0, 0.05) is 18.9 Å². The summed E-state index contributed by atoms with van der Waals surface area (Å²) in [4.78, 5) is 11.8. The largest absolute Gasteiger partial charge is 0.299 e. The van der Waals surface area contributed by atoms with Crippen LogP contribution < -0.4 is 0 Å². The fourth-order valence-corrected chi connectivity index (χ4v) is 3.26. The molecular weight excluding hydrogens is 322 g/mol. The number of Topliss-reactive ketones (excluding diaryl/α,β-unsaturated/α-hetero) is 1. The van der Waals surface area contributed by atoms with Crippen molar-refractivity contribution in [3.8, 4) is 0 Å². The van der Waals surface area contributed by atoms with Crippen LogP contribution in [0.5, 0.6) is 0 Å². The molecule has 0 aliphatic rings. The van der Waals surface area contributed by atoms with Crippen LogP contribution in [-0.4, -0.2) is 24.7 Å². The fraction of sp³-hybridized carbons (Fsp3) is 0.588. The monoisotopic (exact) mass is 346 g/mol. The normalized spacial score (nSPS) is 12.4. The van der Waals surface area contributed by atoms with Crippen LogP contribution >= 0.6 is 0 Å². The highest BCUT2D eigenvalue weighted by molar-refractivity contribution is 7.92. The summed E-state index contributed by atoms with van der Waals surface area (Å²) in [5.74, 6) is -1.40. The van der Waals surface area contributed by atoms with Gasteiger partial charge < -0.3 is 0 Å². The maximum absolute atomic E-state index is 13.4. The molecule has 0 N–H and O–H groups in total. The summed E-state index contributed by atoms with van der Waals surface area (Å²) in [6.45, 7) is 5.01. The third kappa shape index (κ3) is 6.37. The molecule has 6 heteroatoms. The van der Waals surface area contributed by atoms with E-state index in [1.165, 1.54) is 6.07 Å². The molecule has 0 fully saturated rings. The van der Waals surface area contributed by atoms with Crippen molar-refractivity contribution in [2.45, 2.75) is 57.6 Å². The first-order chi connectivity index (χ1) is 10.5. The number of halogens is 2. The predicted octanol–water partition coefficient (Wildman–Crippen LogP) is 3.85. The van der Waals surface area contributed by atoms with E-state index in [-0.39, 0.29) is 29.9 Å². The van der Waals surface area contributed by atoms with Crippen LogP contribution in [0.4, 0.5) is 8.78 Å². The molecule has 0 saturated heterocycles. The van der Waals surface area contributed by atoms with Crippen molar-refractivity contribution >= 4 is 15.6 Å². The number of unbranched alkanes of at least 4 members (excludes halogenated alkanes) is 2. The number of sulfone groups is 1. The molecular formula is C17H24F2O3S. The lowest BCUT2D eigenvalue weighted by atomic mass is 10.0. The molecule has 130 valence electrons. The average molecular weight is 346 g/mol. The van der Waals surface area contributed by atoms with Gasteiger partial charge in [-0.25, -0.2) is 17.2 Å². The van der Waals surface area contributed by atoms with E-state index in [4.69, 9.17) is 0 Å². The molecule has 0 spiro atoms. The predicted molar refractivity (Wildman–Crippen MR) is 87.1 cm³/mol. The second-order valence-electron chi connectivity index (χ2n) is 6.69. The summed E-state index contributed by atoms with van der Waals surface area (Å²) >= 11 is 0. The van der Waals surface area contributed by atoms with Crippen molar-refractivity contribution in [1.82, 2.24) is 0 Å². The van der Waals surface area contributed by atoms with E-state index >= 15 is 0 Å². The standard InChI is InChI=1S/C17H24F2O3S/c1-17(2,3)23(21,22)10-6-4-5-7-15(20)11-13-8-9-14(18)12-16(13)19/h8-9,12H,4-7,10-11H2,1-3H3. The minimum absolute atomic E-state index is 0.0631. The summed E-state index contributed by atoms with van der Waals surface area (Å²) in [6, 6.07) is 3.17. The number of carbonyl (C=O) groups excluding carboxylic acids is 1. The minimum Gasteiger partial charge on any atom is -0.299 e. The van der Waals surface area contributed by atoms with E-state index in [2.05, 4.69) is 0 Å². The summed E-state index contributed by atoms with van der Waals surface area (Å²) in [6.07, 6.45) is 1.92. The van der Waals surface area contributed by atoms with Crippen LogP contribution in [-0.2, 0) is 21.1 Å². The van der Waals surface area contributed by atoms with E-state index in [0.29, 0.717) is 19.3 Å². The van der Waals surface area contributed by atoms with Gasteiger partial charge in [0.05, 0.1) is 10.5 Å². The van der Waals surface area contributed by atoms with Gasteiger partial charge in [0.1, 0.15) is 17.4 Å². The van der Waals surface area contributed by atoms with Crippen LogP contribution in [0.15, 0.2) is 18.2 Å². The molecule has 1 aromatic carbocycles. The highest BCUT2D eigenvalue weighted by Gasteiger charge is 2.27. The Kier molecular flexibility index (Phi) is 6.86. The van der Waals surface area contributed by atoms with Gasteiger partial charge in [0.25, 0.3) is 0 Å². The van der Waals surface area contributed by atoms with Crippen LogP contribution in [0.1, 0.15) is 52.0 Å². The smallest absolute Gasteiger partial charge is 0.155 e. The van der Waals surface area contributed by atoms with Crippen LogP contribution in [0.3, 0.4) is 0 Å². The Morgan fingerprint density at radius 2 is 1.74 bits per heavy atom. The Hall–Kier alpha value is -1.30. The summed E-state index contributed by atoms with van der Waals surface area (Å²) < 4.78 is 49.3. The topological polar surface area (TPSA) is 51.2 Å². The summed E-state index contributed by atoms with van der Waals surface area (Å²) in [5, 5.41) is 0. The number of hydrogen-bond acceptors (Lipinski definition) is 3. The molecule has 23 heavy (non-hydrogen) atoms. The minimum atomic E-state index is -3.13. The van der Waals surface area contributed by atoms with Gasteiger partial charge in [-0.3, -0.25) is 4.79 Å². The van der Waals surface area contributed by atoms with E-state index in [1.54, 1.807) is 20.8 Å². The first-order valence-electron chi connectivity index (χ1n) is 7.71. The first kappa shape index (κ1) is 19.7. The zero-order valence-electron chi connectivity index (χ0n) is 13.9. The number of carbonyl (C=O) groups is 1. The zero-order chi connectivity index (χ0) is 17.7. The third-order valence-corrected chi connectivity index (χ3v) is 6.40. The number of benzene rings is 1. The maximum atomic E-state index is 13.4. The first-order valence-corrected chi connectivity index (χ1v) is 9.36. The zero-order valence-corrected chi connectivity index (χ0v) is 14.7. The molecule has 3 nitrogen and oxygen atoms in total. The molecule has 1 rings (SSSR count). The molecule has 1 aromatic rings. The highest BCUT2D eigenvalue weighted by Crippen LogP contribution is 2.18. The van der Waals surface area contributed by atoms with Gasteiger partial charge >= 0.3 is 0 Å². The lowest BCUT2D eigenvalue weighted by Gasteiger charge is -2.18. The van der Waals surface area contributed by atoms with Crippen molar-refractivity contribution in [1.29, 1.82) is 0 Å². The van der Waals surface area contributed by atoms with E-state index in [9.17, 15) is 22.0 Å². The van der Waals surface area contributed by atoms with Gasteiger partial charge in [-0.1, -0.05) is 12.5 Å². The SMILES string of the molecule is CC(C)(C)S(=O)(=O)CCCCCC(=O)Cc1ccc(F)cc1F. The Labute approximate surface area is 137 Å². The number of hydrogen-bond donors (Lipinski definition) is 0. The van der Waals surface area contributed by atoms with E-state index in [1.807, 2.05) is 0 Å². The molecule has 0 heterocycles. The van der Waals surface area contributed by atoms with Crippen LogP contribution in [0, 0.1) is 11.6 Å². The molecule has 0 bridgehead atoms. The second kappa shape index (κ2) is 7.99. The van der Waals surface area contributed by atoms with Crippen molar-refractivity contribution in [3.63, 3.8) is 0 Å². The maximum Gasteiger partial charge on any atom is 0.155 e. The van der Waals surface area contributed by atoms with Crippen molar-refractivity contribution < 1.29 is 22.0 Å². The quantitative estimate of drug-likeness (QED) is 0.672. The van der Waals surface area contributed by atoms with Gasteiger partial charge in [-0.2, -0.15) is 0 Å². The highest BCUT2D eigenvalue weighted by atomic mass is 32.2. The van der Waals surface area contributed by atoms with Crippen molar-refractivity contribution in [2.75, 3.05) is 5.75 Å². The molecule has 0 aliphatic heterocycles. The number of rotatable bonds is 8. The van der Waals surface area contributed by atoms with E-state index < -0.39 is 26.2 Å². The number of ketones is 1. The fourth-order valence-electron chi connectivity index (χ4n) is 2.06.